The number of rotatable bonds is 6. The zero-order valence-electron chi connectivity index (χ0n) is 18.2. The lowest BCUT2D eigenvalue weighted by atomic mass is 9.98. The van der Waals surface area contributed by atoms with E-state index in [9.17, 15) is 14.7 Å². The van der Waals surface area contributed by atoms with Crippen molar-refractivity contribution in [2.24, 2.45) is 0 Å². The van der Waals surface area contributed by atoms with E-state index in [-0.39, 0.29) is 31.8 Å². The fraction of sp³-hybridized carbons (Fsp3) is 0.240. The highest BCUT2D eigenvalue weighted by Gasteiger charge is 2.37. The number of morpholine rings is 1. The highest BCUT2D eigenvalue weighted by molar-refractivity contribution is 6.04. The summed E-state index contributed by atoms with van der Waals surface area (Å²) in [6, 6.07) is 15.3. The number of aromatic nitrogens is 1. The standard InChI is InChI=1S/C25H23N3O6/c29-13-20-24(32-14-23(30)28(20)12-16-2-1-9-26-11-16)17-3-6-19(7-4-17)27-25(31)18-5-8-21-22(10-18)34-15-33-21/h1-11,20,24,29H,12-15H2,(H,27,31). The highest BCUT2D eigenvalue weighted by atomic mass is 16.7. The average Bonchev–Trinajstić information content (AvgIpc) is 3.34. The number of pyridine rings is 1. The summed E-state index contributed by atoms with van der Waals surface area (Å²) in [5.41, 5.74) is 2.72. The van der Waals surface area contributed by atoms with Gasteiger partial charge in [0, 0.05) is 30.2 Å². The molecular formula is C25H23N3O6. The van der Waals surface area contributed by atoms with Crippen LogP contribution in [0.3, 0.4) is 0 Å². The Morgan fingerprint density at radius 3 is 2.71 bits per heavy atom. The molecule has 0 radical (unpaired) electrons. The summed E-state index contributed by atoms with van der Waals surface area (Å²) in [7, 11) is 0. The summed E-state index contributed by atoms with van der Waals surface area (Å²) in [6.45, 7) is 0.149. The van der Waals surface area contributed by atoms with Crippen LogP contribution in [-0.4, -0.2) is 52.9 Å². The van der Waals surface area contributed by atoms with E-state index in [1.807, 2.05) is 24.3 Å². The Bertz CT molecular complexity index is 1190. The zero-order chi connectivity index (χ0) is 23.5. The molecule has 3 heterocycles. The second-order valence-electron chi connectivity index (χ2n) is 8.01. The third-order valence-electron chi connectivity index (χ3n) is 5.85. The minimum atomic E-state index is -0.546. The van der Waals surface area contributed by atoms with Gasteiger partial charge in [-0.2, -0.15) is 0 Å². The van der Waals surface area contributed by atoms with E-state index < -0.39 is 12.1 Å². The van der Waals surface area contributed by atoms with Crippen LogP contribution in [0, 0.1) is 0 Å². The minimum Gasteiger partial charge on any atom is -0.454 e. The fourth-order valence-corrected chi connectivity index (χ4v) is 4.11. The van der Waals surface area contributed by atoms with E-state index in [1.54, 1.807) is 47.6 Å². The minimum absolute atomic E-state index is 0.0793. The maximum absolute atomic E-state index is 12.6. The molecule has 174 valence electrons. The van der Waals surface area contributed by atoms with Gasteiger partial charge >= 0.3 is 0 Å². The van der Waals surface area contributed by atoms with Gasteiger partial charge in [0.15, 0.2) is 11.5 Å². The van der Waals surface area contributed by atoms with Crippen molar-refractivity contribution in [1.29, 1.82) is 0 Å². The molecule has 0 bridgehead atoms. The smallest absolute Gasteiger partial charge is 0.255 e. The Labute approximate surface area is 195 Å². The number of aliphatic hydroxyl groups is 1. The van der Waals surface area contributed by atoms with E-state index in [0.717, 1.165) is 11.1 Å². The summed E-state index contributed by atoms with van der Waals surface area (Å²) < 4.78 is 16.4. The predicted octanol–water partition coefficient (Wildman–Crippen LogP) is 2.52. The van der Waals surface area contributed by atoms with Crippen molar-refractivity contribution in [3.8, 4) is 11.5 Å². The Morgan fingerprint density at radius 2 is 1.94 bits per heavy atom. The van der Waals surface area contributed by atoms with Crippen LogP contribution in [0.1, 0.15) is 27.6 Å². The first-order valence-corrected chi connectivity index (χ1v) is 10.8. The number of aliphatic hydroxyl groups excluding tert-OH is 1. The van der Waals surface area contributed by atoms with Gasteiger partial charge in [-0.05, 0) is 47.5 Å². The number of anilines is 1. The number of nitrogens with one attached hydrogen (secondary N) is 1. The maximum Gasteiger partial charge on any atom is 0.255 e. The number of benzene rings is 2. The maximum atomic E-state index is 12.6. The lowest BCUT2D eigenvalue weighted by Gasteiger charge is -2.40. The Balaban J connectivity index is 1.29. The number of nitrogens with zero attached hydrogens (tertiary/aromatic N) is 2. The molecular weight excluding hydrogens is 438 g/mol. The van der Waals surface area contributed by atoms with Gasteiger partial charge in [-0.1, -0.05) is 18.2 Å². The number of carbonyl (C=O) groups excluding carboxylic acids is 2. The summed E-state index contributed by atoms with van der Waals surface area (Å²) in [6.07, 6.45) is 2.87. The number of carbonyl (C=O) groups is 2. The lowest BCUT2D eigenvalue weighted by molar-refractivity contribution is -0.162. The zero-order valence-corrected chi connectivity index (χ0v) is 18.2. The molecule has 2 N–H and O–H groups in total. The van der Waals surface area contributed by atoms with Gasteiger partial charge in [-0.15, -0.1) is 0 Å². The lowest BCUT2D eigenvalue weighted by Crippen LogP contribution is -2.52. The summed E-state index contributed by atoms with van der Waals surface area (Å²) in [4.78, 5) is 30.9. The van der Waals surface area contributed by atoms with Gasteiger partial charge in [0.05, 0.1) is 12.6 Å². The number of fused-ring (bicyclic) bond motifs is 1. The molecule has 1 aromatic heterocycles. The van der Waals surface area contributed by atoms with Crippen LogP contribution in [0.4, 0.5) is 5.69 Å². The largest absolute Gasteiger partial charge is 0.454 e. The molecule has 2 aliphatic heterocycles. The molecule has 2 aliphatic rings. The Hall–Kier alpha value is -3.95. The van der Waals surface area contributed by atoms with Crippen LogP contribution in [0.5, 0.6) is 11.5 Å². The van der Waals surface area contributed by atoms with Gasteiger partial charge in [0.1, 0.15) is 12.7 Å². The first kappa shape index (κ1) is 21.9. The SMILES string of the molecule is O=C(Nc1ccc(C2OCC(=O)N(Cc3cccnc3)C2CO)cc1)c1ccc2c(c1)OCO2. The van der Waals surface area contributed by atoms with Crippen LogP contribution in [0.25, 0.3) is 0 Å². The number of amides is 2. The monoisotopic (exact) mass is 461 g/mol. The first-order valence-electron chi connectivity index (χ1n) is 10.8. The van der Waals surface area contributed by atoms with Crippen molar-refractivity contribution in [3.63, 3.8) is 0 Å². The topological polar surface area (TPSA) is 110 Å². The molecule has 5 rings (SSSR count). The van der Waals surface area contributed by atoms with Crippen molar-refractivity contribution in [2.45, 2.75) is 18.7 Å². The van der Waals surface area contributed by atoms with Crippen LogP contribution >= 0.6 is 0 Å². The molecule has 9 nitrogen and oxygen atoms in total. The first-order chi connectivity index (χ1) is 16.6. The van der Waals surface area contributed by atoms with E-state index in [4.69, 9.17) is 14.2 Å². The van der Waals surface area contributed by atoms with Gasteiger partial charge in [0.2, 0.25) is 12.7 Å². The van der Waals surface area contributed by atoms with Crippen LogP contribution < -0.4 is 14.8 Å². The molecule has 1 saturated heterocycles. The van der Waals surface area contributed by atoms with E-state index in [2.05, 4.69) is 10.3 Å². The molecule has 2 aromatic carbocycles. The average molecular weight is 461 g/mol. The van der Waals surface area contributed by atoms with Crippen molar-refractivity contribution in [3.05, 3.63) is 83.7 Å². The van der Waals surface area contributed by atoms with E-state index in [1.165, 1.54) is 0 Å². The number of hydrogen-bond donors (Lipinski definition) is 2. The molecule has 3 aromatic rings. The van der Waals surface area contributed by atoms with E-state index in [0.29, 0.717) is 29.3 Å². The van der Waals surface area contributed by atoms with Crippen molar-refractivity contribution < 1.29 is 28.9 Å². The Kier molecular flexibility index (Phi) is 6.11. The molecule has 0 spiro atoms. The van der Waals surface area contributed by atoms with Gasteiger partial charge in [-0.3, -0.25) is 14.6 Å². The predicted molar refractivity (Wildman–Crippen MR) is 121 cm³/mol. The molecule has 2 amide bonds. The van der Waals surface area contributed by atoms with E-state index >= 15 is 0 Å². The van der Waals surface area contributed by atoms with Gasteiger partial charge in [-0.25, -0.2) is 0 Å². The van der Waals surface area contributed by atoms with Crippen LogP contribution in [0.15, 0.2) is 67.0 Å². The second-order valence-corrected chi connectivity index (χ2v) is 8.01. The fourth-order valence-electron chi connectivity index (χ4n) is 4.11. The molecule has 2 atom stereocenters. The van der Waals surface area contributed by atoms with Crippen LogP contribution in [0.2, 0.25) is 0 Å². The second kappa shape index (κ2) is 9.50. The quantitative estimate of drug-likeness (QED) is 0.580. The molecule has 34 heavy (non-hydrogen) atoms. The summed E-state index contributed by atoms with van der Waals surface area (Å²) >= 11 is 0. The third kappa shape index (κ3) is 4.43. The van der Waals surface area contributed by atoms with Gasteiger partial charge in [0.25, 0.3) is 5.91 Å². The Morgan fingerprint density at radius 1 is 1.12 bits per heavy atom. The van der Waals surface area contributed by atoms with Gasteiger partial charge < -0.3 is 29.5 Å². The highest BCUT2D eigenvalue weighted by Crippen LogP contribution is 2.33. The molecule has 9 heteroatoms. The number of hydrogen-bond acceptors (Lipinski definition) is 7. The van der Waals surface area contributed by atoms with Crippen molar-refractivity contribution in [1.82, 2.24) is 9.88 Å². The molecule has 0 aliphatic carbocycles. The van der Waals surface area contributed by atoms with Crippen LogP contribution in [-0.2, 0) is 16.1 Å². The third-order valence-corrected chi connectivity index (χ3v) is 5.85. The van der Waals surface area contributed by atoms with Crippen molar-refractivity contribution >= 4 is 17.5 Å². The summed E-state index contributed by atoms with van der Waals surface area (Å²) in [5, 5.41) is 12.9. The molecule has 1 fully saturated rings. The normalized spacial score (nSPS) is 19.2. The summed E-state index contributed by atoms with van der Waals surface area (Å²) in [5.74, 6) is 0.689. The molecule has 0 saturated carbocycles. The number of ether oxygens (including phenoxy) is 3. The molecule has 2 unspecified atom stereocenters. The van der Waals surface area contributed by atoms with Crippen molar-refractivity contribution in [2.75, 3.05) is 25.3 Å².